The highest BCUT2D eigenvalue weighted by Crippen LogP contribution is 2.25. The molecule has 12 heteroatoms. The second-order valence-electron chi connectivity index (χ2n) is 5.15. The third-order valence-electron chi connectivity index (χ3n) is 3.33. The van der Waals surface area contributed by atoms with Crippen LogP contribution in [0.4, 0.5) is 17.1 Å². The molecular formula is C15H11N5O7. The van der Waals surface area contributed by atoms with E-state index in [4.69, 9.17) is 0 Å². The number of nitro groups is 3. The summed E-state index contributed by atoms with van der Waals surface area (Å²) in [7, 11) is 0. The zero-order chi connectivity index (χ0) is 20.0. The first-order valence-electron chi connectivity index (χ1n) is 7.26. The Balaban J connectivity index is 2.04. The van der Waals surface area contributed by atoms with Crippen LogP contribution in [0.2, 0.25) is 0 Å². The summed E-state index contributed by atoms with van der Waals surface area (Å²) in [5.41, 5.74) is 1.55. The molecule has 0 unspecified atom stereocenters. The molecule has 0 aliphatic heterocycles. The Bertz CT molecular complexity index is 940. The standard InChI is InChI=1S/C15H11N5O7/c21-15(17-16-9-10-1-4-12(5-2-10)18(22)23)7-11-3-6-13(19(24)25)8-14(11)20(26)27/h1-6,8-9H,7H2,(H,17,21)/b16-9+. The molecule has 27 heavy (non-hydrogen) atoms. The normalized spacial score (nSPS) is 10.5. The smallest absolute Gasteiger partial charge is 0.273 e. The fourth-order valence-electron chi connectivity index (χ4n) is 2.06. The van der Waals surface area contributed by atoms with E-state index < -0.39 is 38.5 Å². The van der Waals surface area contributed by atoms with Gasteiger partial charge in [0.05, 0.1) is 33.5 Å². The molecule has 0 bridgehead atoms. The first kappa shape index (κ1) is 19.1. The highest BCUT2D eigenvalue weighted by Gasteiger charge is 2.20. The van der Waals surface area contributed by atoms with Gasteiger partial charge in [0, 0.05) is 23.8 Å². The second-order valence-corrected chi connectivity index (χ2v) is 5.15. The van der Waals surface area contributed by atoms with Crippen molar-refractivity contribution in [2.24, 2.45) is 5.10 Å². The molecule has 12 nitrogen and oxygen atoms in total. The molecule has 1 N–H and O–H groups in total. The average Bonchev–Trinajstić information content (AvgIpc) is 2.62. The number of hydrogen-bond donors (Lipinski definition) is 1. The van der Waals surface area contributed by atoms with Crippen molar-refractivity contribution in [1.82, 2.24) is 5.43 Å². The van der Waals surface area contributed by atoms with Crippen molar-refractivity contribution < 1.29 is 19.6 Å². The molecule has 1 amide bonds. The first-order valence-corrected chi connectivity index (χ1v) is 7.26. The highest BCUT2D eigenvalue weighted by atomic mass is 16.6. The van der Waals surface area contributed by atoms with Crippen molar-refractivity contribution in [3.8, 4) is 0 Å². The van der Waals surface area contributed by atoms with Gasteiger partial charge in [0.2, 0.25) is 5.91 Å². The van der Waals surface area contributed by atoms with E-state index in [0.29, 0.717) is 5.56 Å². The zero-order valence-corrected chi connectivity index (χ0v) is 13.5. The molecule has 2 aromatic carbocycles. The molecular weight excluding hydrogens is 362 g/mol. The van der Waals surface area contributed by atoms with Crippen LogP contribution in [0.25, 0.3) is 0 Å². The predicted octanol–water partition coefficient (Wildman–Crippen LogP) is 2.10. The van der Waals surface area contributed by atoms with E-state index in [-0.39, 0.29) is 11.3 Å². The van der Waals surface area contributed by atoms with Crippen LogP contribution in [0.15, 0.2) is 47.6 Å². The Hall–Kier alpha value is -4.22. The molecule has 138 valence electrons. The van der Waals surface area contributed by atoms with Gasteiger partial charge in [-0.1, -0.05) is 0 Å². The Kier molecular flexibility index (Phi) is 5.83. The van der Waals surface area contributed by atoms with Gasteiger partial charge < -0.3 is 0 Å². The van der Waals surface area contributed by atoms with Gasteiger partial charge in [-0.3, -0.25) is 35.1 Å². The molecule has 0 saturated carbocycles. The summed E-state index contributed by atoms with van der Waals surface area (Å²) in [5, 5.41) is 35.9. The molecule has 0 aromatic heterocycles. The maximum Gasteiger partial charge on any atom is 0.279 e. The van der Waals surface area contributed by atoms with Gasteiger partial charge in [0.15, 0.2) is 0 Å². The minimum atomic E-state index is -0.810. The summed E-state index contributed by atoms with van der Waals surface area (Å²) >= 11 is 0. The molecule has 0 spiro atoms. The van der Waals surface area contributed by atoms with Gasteiger partial charge in [-0.05, 0) is 23.8 Å². The number of hydrazone groups is 1. The number of amides is 1. The minimum Gasteiger partial charge on any atom is -0.273 e. The molecule has 0 atom stereocenters. The van der Waals surface area contributed by atoms with E-state index in [0.717, 1.165) is 18.2 Å². The molecule has 0 saturated heterocycles. The molecule has 0 fully saturated rings. The molecule has 0 radical (unpaired) electrons. The maximum atomic E-state index is 11.9. The van der Waals surface area contributed by atoms with Crippen molar-refractivity contribution in [1.29, 1.82) is 0 Å². The van der Waals surface area contributed by atoms with E-state index >= 15 is 0 Å². The van der Waals surface area contributed by atoms with Gasteiger partial charge in [-0.15, -0.1) is 0 Å². The van der Waals surface area contributed by atoms with E-state index in [9.17, 15) is 35.1 Å². The van der Waals surface area contributed by atoms with Crippen LogP contribution in [0.3, 0.4) is 0 Å². The van der Waals surface area contributed by atoms with Crippen LogP contribution in [0.5, 0.6) is 0 Å². The summed E-state index contributed by atoms with van der Waals surface area (Å²) in [6, 6.07) is 8.37. The van der Waals surface area contributed by atoms with Crippen LogP contribution in [0.1, 0.15) is 11.1 Å². The van der Waals surface area contributed by atoms with Gasteiger partial charge in [0.1, 0.15) is 0 Å². The zero-order valence-electron chi connectivity index (χ0n) is 13.5. The third-order valence-corrected chi connectivity index (χ3v) is 3.33. The number of rotatable bonds is 7. The fraction of sp³-hybridized carbons (Fsp3) is 0.0667. The third kappa shape index (κ3) is 5.12. The van der Waals surface area contributed by atoms with E-state index in [1.165, 1.54) is 30.5 Å². The first-order chi connectivity index (χ1) is 12.8. The Morgan fingerprint density at radius 1 is 0.926 bits per heavy atom. The largest absolute Gasteiger partial charge is 0.279 e. The van der Waals surface area contributed by atoms with Gasteiger partial charge in [-0.2, -0.15) is 5.10 Å². The maximum absolute atomic E-state index is 11.9. The van der Waals surface area contributed by atoms with Crippen molar-refractivity contribution in [2.75, 3.05) is 0 Å². The number of hydrogen-bond acceptors (Lipinski definition) is 8. The topological polar surface area (TPSA) is 171 Å². The van der Waals surface area contributed by atoms with Crippen LogP contribution in [-0.4, -0.2) is 26.9 Å². The summed E-state index contributed by atoms with van der Waals surface area (Å²) in [6.07, 6.45) is 0.831. The molecule has 0 aliphatic rings. The Labute approximate surface area is 150 Å². The van der Waals surface area contributed by atoms with E-state index in [2.05, 4.69) is 10.5 Å². The average molecular weight is 373 g/mol. The van der Waals surface area contributed by atoms with Gasteiger partial charge in [-0.25, -0.2) is 5.43 Å². The lowest BCUT2D eigenvalue weighted by Crippen LogP contribution is -2.20. The summed E-state index contributed by atoms with van der Waals surface area (Å²) in [5.74, 6) is -0.676. The van der Waals surface area contributed by atoms with Gasteiger partial charge >= 0.3 is 0 Å². The van der Waals surface area contributed by atoms with Crippen molar-refractivity contribution in [2.45, 2.75) is 6.42 Å². The van der Waals surface area contributed by atoms with Crippen molar-refractivity contribution in [3.63, 3.8) is 0 Å². The van der Waals surface area contributed by atoms with Crippen LogP contribution >= 0.6 is 0 Å². The predicted molar refractivity (Wildman–Crippen MR) is 92.3 cm³/mol. The lowest BCUT2D eigenvalue weighted by atomic mass is 10.1. The van der Waals surface area contributed by atoms with Gasteiger partial charge in [0.25, 0.3) is 17.1 Å². The molecule has 2 aromatic rings. The van der Waals surface area contributed by atoms with Crippen molar-refractivity contribution in [3.05, 3.63) is 83.9 Å². The summed E-state index contributed by atoms with van der Waals surface area (Å²) in [6.45, 7) is 0. The number of nitrogens with zero attached hydrogens (tertiary/aromatic N) is 4. The highest BCUT2D eigenvalue weighted by molar-refractivity contribution is 5.84. The number of non-ortho nitro benzene ring substituents is 2. The number of benzene rings is 2. The lowest BCUT2D eigenvalue weighted by Gasteiger charge is -2.02. The fourth-order valence-corrected chi connectivity index (χ4v) is 2.06. The van der Waals surface area contributed by atoms with Crippen molar-refractivity contribution >= 4 is 29.2 Å². The number of carbonyl (C=O) groups excluding carboxylic acids is 1. The molecule has 0 aliphatic carbocycles. The molecule has 0 heterocycles. The number of nitro benzene ring substituents is 3. The number of nitrogens with one attached hydrogen (secondary N) is 1. The molecule has 2 rings (SSSR count). The Morgan fingerprint density at radius 2 is 1.52 bits per heavy atom. The van der Waals surface area contributed by atoms with Crippen LogP contribution < -0.4 is 5.43 Å². The van der Waals surface area contributed by atoms with E-state index in [1.54, 1.807) is 0 Å². The second kappa shape index (κ2) is 8.24. The summed E-state index contributed by atoms with van der Waals surface area (Å²) in [4.78, 5) is 42.0. The lowest BCUT2D eigenvalue weighted by molar-refractivity contribution is -0.394. The quantitative estimate of drug-likeness (QED) is 0.439. The van der Waals surface area contributed by atoms with Crippen LogP contribution in [-0.2, 0) is 11.2 Å². The Morgan fingerprint density at radius 3 is 2.07 bits per heavy atom. The van der Waals surface area contributed by atoms with E-state index in [1.807, 2.05) is 0 Å². The van der Waals surface area contributed by atoms with Crippen LogP contribution in [0, 0.1) is 30.3 Å². The minimum absolute atomic E-state index is 0.00589. The monoisotopic (exact) mass is 373 g/mol. The summed E-state index contributed by atoms with van der Waals surface area (Å²) < 4.78 is 0. The number of carbonyl (C=O) groups is 1. The SMILES string of the molecule is O=C(Cc1ccc([N+](=O)[O-])cc1[N+](=O)[O-])N/N=C/c1ccc([N+](=O)[O-])cc1.